The summed E-state index contributed by atoms with van der Waals surface area (Å²) in [5, 5.41) is 11.0. The van der Waals surface area contributed by atoms with Crippen molar-refractivity contribution < 1.29 is 17.9 Å². The zero-order valence-corrected chi connectivity index (χ0v) is 19.0. The number of hydrogen-bond acceptors (Lipinski definition) is 5. The molecule has 0 saturated heterocycles. The number of rotatable bonds is 6. The quantitative estimate of drug-likeness (QED) is 0.308. The number of thiophene rings is 1. The average Bonchev–Trinajstić information content (AvgIpc) is 3.28. The van der Waals surface area contributed by atoms with Gasteiger partial charge in [0, 0.05) is 17.1 Å². The predicted octanol–water partition coefficient (Wildman–Crippen LogP) is 4.80. The second-order valence-corrected chi connectivity index (χ2v) is 10.3. The Morgan fingerprint density at radius 2 is 1.88 bits per heavy atom. The number of hydrogen-bond donors (Lipinski definition) is 2. The molecular formula is C25H19FN2O3S2. The number of para-hydroxylation sites is 1. The molecule has 2 heterocycles. The molecule has 33 heavy (non-hydrogen) atoms. The normalized spacial score (nSPS) is 12.2. The van der Waals surface area contributed by atoms with E-state index in [9.17, 15) is 17.9 Å². The fraction of sp³-hybridized carbons (Fsp3) is 0.0800. The largest absolute Gasteiger partial charge is 0.511 e. The maximum absolute atomic E-state index is 13.0. The van der Waals surface area contributed by atoms with E-state index in [4.69, 9.17) is 0 Å². The highest BCUT2D eigenvalue weighted by molar-refractivity contribution is 7.91. The van der Waals surface area contributed by atoms with Crippen molar-refractivity contribution in [2.75, 3.05) is 0 Å². The van der Waals surface area contributed by atoms with Gasteiger partial charge in [0.2, 0.25) is 0 Å². The summed E-state index contributed by atoms with van der Waals surface area (Å²) in [7, 11) is -3.92. The number of aliphatic hydroxyl groups excluding tert-OH is 1. The SMILES string of the molecule is C=C(O)[C@H](Cc1cnc2ccccc2c1)NS(=O)(=O)c1ccc(C#Cc2ccc(F)cc2)s1. The van der Waals surface area contributed by atoms with E-state index in [1.165, 1.54) is 18.2 Å². The number of pyridine rings is 1. The number of aliphatic hydroxyl groups is 1. The summed E-state index contributed by atoms with van der Waals surface area (Å²) in [6.45, 7) is 3.53. The summed E-state index contributed by atoms with van der Waals surface area (Å²) in [6, 6.07) is 17.3. The zero-order valence-electron chi connectivity index (χ0n) is 17.3. The number of fused-ring (bicyclic) bond motifs is 1. The molecule has 8 heteroatoms. The van der Waals surface area contributed by atoms with Crippen LogP contribution in [-0.2, 0) is 16.4 Å². The Labute approximate surface area is 195 Å². The lowest BCUT2D eigenvalue weighted by molar-refractivity contribution is 0.357. The molecule has 0 fully saturated rings. The molecule has 5 nitrogen and oxygen atoms in total. The molecule has 0 aliphatic carbocycles. The highest BCUT2D eigenvalue weighted by atomic mass is 32.2. The van der Waals surface area contributed by atoms with Gasteiger partial charge < -0.3 is 5.11 Å². The first-order valence-corrected chi connectivity index (χ1v) is 12.2. The lowest BCUT2D eigenvalue weighted by Gasteiger charge is -2.17. The fourth-order valence-corrected chi connectivity index (χ4v) is 5.54. The van der Waals surface area contributed by atoms with Gasteiger partial charge in [-0.05, 0) is 60.5 Å². The van der Waals surface area contributed by atoms with E-state index >= 15 is 0 Å². The van der Waals surface area contributed by atoms with Crippen molar-refractivity contribution in [2.45, 2.75) is 16.7 Å². The average molecular weight is 479 g/mol. The van der Waals surface area contributed by atoms with Crippen LogP contribution in [0.5, 0.6) is 0 Å². The van der Waals surface area contributed by atoms with E-state index in [1.807, 2.05) is 30.3 Å². The molecule has 0 aliphatic heterocycles. The van der Waals surface area contributed by atoms with Crippen molar-refractivity contribution in [2.24, 2.45) is 0 Å². The number of nitrogens with one attached hydrogen (secondary N) is 1. The molecule has 0 radical (unpaired) electrons. The molecule has 0 spiro atoms. The third kappa shape index (κ3) is 5.65. The van der Waals surface area contributed by atoms with E-state index < -0.39 is 16.1 Å². The van der Waals surface area contributed by atoms with Crippen LogP contribution >= 0.6 is 11.3 Å². The van der Waals surface area contributed by atoms with Crippen molar-refractivity contribution >= 4 is 32.3 Å². The van der Waals surface area contributed by atoms with Crippen LogP contribution in [0.3, 0.4) is 0 Å². The van der Waals surface area contributed by atoms with E-state index in [1.54, 1.807) is 24.4 Å². The summed E-state index contributed by atoms with van der Waals surface area (Å²) in [5.41, 5.74) is 2.20. The van der Waals surface area contributed by atoms with Crippen LogP contribution in [0.1, 0.15) is 16.0 Å². The Hall–Kier alpha value is -3.51. The third-order valence-corrected chi connectivity index (χ3v) is 7.77. The first-order valence-electron chi connectivity index (χ1n) is 9.91. The summed E-state index contributed by atoms with van der Waals surface area (Å²) >= 11 is 1.00. The highest BCUT2D eigenvalue weighted by Gasteiger charge is 2.24. The van der Waals surface area contributed by atoms with Gasteiger partial charge in [0.25, 0.3) is 10.0 Å². The summed E-state index contributed by atoms with van der Waals surface area (Å²) in [5.74, 6) is 5.12. The summed E-state index contributed by atoms with van der Waals surface area (Å²) in [4.78, 5) is 4.92. The minimum atomic E-state index is -3.92. The Bertz CT molecular complexity index is 1480. The van der Waals surface area contributed by atoms with Crippen LogP contribution in [0.2, 0.25) is 0 Å². The fourth-order valence-electron chi connectivity index (χ4n) is 3.14. The van der Waals surface area contributed by atoms with Gasteiger partial charge >= 0.3 is 0 Å². The number of nitrogens with zero attached hydrogens (tertiary/aromatic N) is 1. The monoisotopic (exact) mass is 478 g/mol. The minimum absolute atomic E-state index is 0.0637. The molecular weight excluding hydrogens is 459 g/mol. The lowest BCUT2D eigenvalue weighted by Crippen LogP contribution is -2.37. The molecule has 2 aromatic heterocycles. The lowest BCUT2D eigenvalue weighted by atomic mass is 10.1. The van der Waals surface area contributed by atoms with Crippen LogP contribution in [-0.4, -0.2) is 24.6 Å². The summed E-state index contributed by atoms with van der Waals surface area (Å²) in [6.07, 6.45) is 1.84. The molecule has 0 unspecified atom stereocenters. The maximum atomic E-state index is 13.0. The van der Waals surface area contributed by atoms with Crippen LogP contribution < -0.4 is 4.72 Å². The molecule has 0 amide bonds. The van der Waals surface area contributed by atoms with E-state index in [0.717, 1.165) is 27.8 Å². The van der Waals surface area contributed by atoms with Crippen LogP contribution in [0.4, 0.5) is 4.39 Å². The number of sulfonamides is 1. The molecule has 0 bridgehead atoms. The van der Waals surface area contributed by atoms with Gasteiger partial charge in [0.15, 0.2) is 0 Å². The van der Waals surface area contributed by atoms with E-state index in [0.29, 0.717) is 10.4 Å². The van der Waals surface area contributed by atoms with Gasteiger partial charge in [0.1, 0.15) is 15.8 Å². The first-order chi connectivity index (χ1) is 15.8. The molecule has 2 N–H and O–H groups in total. The zero-order chi connectivity index (χ0) is 23.4. The first kappa shape index (κ1) is 22.7. The van der Waals surface area contributed by atoms with E-state index in [2.05, 4.69) is 28.1 Å². The molecule has 0 saturated carbocycles. The van der Waals surface area contributed by atoms with Crippen molar-refractivity contribution in [3.05, 3.63) is 107 Å². The maximum Gasteiger partial charge on any atom is 0.250 e. The number of aromatic nitrogens is 1. The van der Waals surface area contributed by atoms with Gasteiger partial charge in [0.05, 0.1) is 16.4 Å². The van der Waals surface area contributed by atoms with Crippen molar-refractivity contribution in [1.29, 1.82) is 0 Å². The topological polar surface area (TPSA) is 79.3 Å². The molecule has 166 valence electrons. The van der Waals surface area contributed by atoms with Crippen molar-refractivity contribution in [3.63, 3.8) is 0 Å². The highest BCUT2D eigenvalue weighted by Crippen LogP contribution is 2.23. The summed E-state index contributed by atoms with van der Waals surface area (Å²) < 4.78 is 41.4. The minimum Gasteiger partial charge on any atom is -0.511 e. The van der Waals surface area contributed by atoms with Gasteiger partial charge in [-0.15, -0.1) is 11.3 Å². The van der Waals surface area contributed by atoms with Crippen molar-refractivity contribution in [3.8, 4) is 11.8 Å². The third-order valence-electron chi connectivity index (χ3n) is 4.81. The van der Waals surface area contributed by atoms with Gasteiger partial charge in [-0.1, -0.05) is 36.6 Å². The molecule has 0 aliphatic rings. The molecule has 4 rings (SSSR count). The Kier molecular flexibility index (Phi) is 6.56. The molecule has 2 aromatic carbocycles. The smallest absolute Gasteiger partial charge is 0.250 e. The Morgan fingerprint density at radius 3 is 2.64 bits per heavy atom. The van der Waals surface area contributed by atoms with Crippen LogP contribution in [0.15, 0.2) is 89.5 Å². The van der Waals surface area contributed by atoms with Gasteiger partial charge in [-0.25, -0.2) is 12.8 Å². The van der Waals surface area contributed by atoms with Gasteiger partial charge in [-0.2, -0.15) is 4.72 Å². The van der Waals surface area contributed by atoms with Crippen LogP contribution in [0.25, 0.3) is 10.9 Å². The standard InChI is InChI=1S/C25H19FN2O3S2/c1-17(29)24(15-19-14-20-4-2-3-5-23(20)27-16-19)28-33(30,31)25-13-12-22(32-25)11-8-18-6-9-21(26)10-7-18/h2-7,9-10,12-14,16,24,28-29H,1,15H2/t24-/m0/s1. The number of halogens is 1. The Morgan fingerprint density at radius 1 is 1.12 bits per heavy atom. The Balaban J connectivity index is 1.51. The second kappa shape index (κ2) is 9.55. The molecule has 1 atom stereocenters. The molecule has 4 aromatic rings. The van der Waals surface area contributed by atoms with Crippen molar-refractivity contribution in [1.82, 2.24) is 9.71 Å². The van der Waals surface area contributed by atoms with E-state index in [-0.39, 0.29) is 22.2 Å². The number of benzene rings is 2. The predicted molar refractivity (Wildman–Crippen MR) is 128 cm³/mol. The van der Waals surface area contributed by atoms with Gasteiger partial charge in [-0.3, -0.25) is 4.98 Å². The van der Waals surface area contributed by atoms with Crippen LogP contribution in [0, 0.1) is 17.7 Å². The second-order valence-electron chi connectivity index (χ2n) is 7.28.